The Labute approximate surface area is 121 Å². The van der Waals surface area contributed by atoms with Crippen molar-refractivity contribution >= 4 is 5.95 Å². The third kappa shape index (κ3) is 2.12. The van der Waals surface area contributed by atoms with Crippen molar-refractivity contribution in [2.24, 2.45) is 0 Å². The highest BCUT2D eigenvalue weighted by Crippen LogP contribution is 2.42. The van der Waals surface area contributed by atoms with Crippen LogP contribution >= 0.6 is 0 Å². The minimum Gasteiger partial charge on any atom is -0.479 e. The van der Waals surface area contributed by atoms with E-state index >= 15 is 0 Å². The summed E-state index contributed by atoms with van der Waals surface area (Å²) in [6, 6.07) is 0. The van der Waals surface area contributed by atoms with Gasteiger partial charge in [-0.2, -0.15) is 14.5 Å². The first-order chi connectivity index (χ1) is 10.3. The molecule has 21 heavy (non-hydrogen) atoms. The number of methoxy groups -OCH3 is 1. The second kappa shape index (κ2) is 4.68. The van der Waals surface area contributed by atoms with Gasteiger partial charge in [-0.15, -0.1) is 0 Å². The molecule has 1 aliphatic heterocycles. The lowest BCUT2D eigenvalue weighted by atomic mass is 10.0. The van der Waals surface area contributed by atoms with Gasteiger partial charge in [0.05, 0.1) is 19.0 Å². The maximum atomic E-state index is 13.4. The highest BCUT2D eigenvalue weighted by atomic mass is 19.1. The number of ether oxygens (including phenoxy) is 1. The van der Waals surface area contributed by atoms with Crippen molar-refractivity contribution in [1.82, 2.24) is 20.2 Å². The number of fused-ring (bicyclic) bond motifs is 1. The molecule has 2 aliphatic rings. The molecule has 1 N–H and O–H groups in total. The highest BCUT2D eigenvalue weighted by molar-refractivity contribution is 5.42. The van der Waals surface area contributed by atoms with Gasteiger partial charge in [0.25, 0.3) is 5.88 Å². The van der Waals surface area contributed by atoms with Crippen LogP contribution in [0.4, 0.5) is 10.3 Å². The number of rotatable bonds is 3. The zero-order valence-corrected chi connectivity index (χ0v) is 11.8. The normalized spacial score (nSPS) is 17.7. The molecule has 0 atom stereocenters. The second-order valence-corrected chi connectivity index (χ2v) is 5.54. The number of nitrogens with one attached hydrogen (secondary N) is 1. The average Bonchev–Trinajstić information content (AvgIpc) is 3.27. The van der Waals surface area contributed by atoms with Gasteiger partial charge in [-0.05, 0) is 12.8 Å². The van der Waals surface area contributed by atoms with E-state index in [0.29, 0.717) is 18.4 Å². The van der Waals surface area contributed by atoms with Gasteiger partial charge in [0.2, 0.25) is 11.8 Å². The van der Waals surface area contributed by atoms with E-state index in [1.807, 2.05) is 4.90 Å². The summed E-state index contributed by atoms with van der Waals surface area (Å²) in [5.41, 5.74) is 3.65. The lowest BCUT2D eigenvalue weighted by molar-refractivity contribution is 0.366. The molecule has 1 saturated carbocycles. The van der Waals surface area contributed by atoms with E-state index in [1.54, 1.807) is 0 Å². The molecular weight excluding hydrogens is 273 g/mol. The monoisotopic (exact) mass is 289 g/mol. The zero-order valence-electron chi connectivity index (χ0n) is 11.8. The summed E-state index contributed by atoms with van der Waals surface area (Å²) >= 11 is 0. The molecule has 1 fully saturated rings. The fourth-order valence-electron chi connectivity index (χ4n) is 2.82. The lowest BCUT2D eigenvalue weighted by Gasteiger charge is -2.27. The molecule has 1 aliphatic carbocycles. The number of aromatic amines is 1. The van der Waals surface area contributed by atoms with Crippen LogP contribution in [0.25, 0.3) is 0 Å². The number of hydrogen-bond donors (Lipinski definition) is 1. The molecule has 6 nitrogen and oxygen atoms in total. The number of anilines is 1. The summed E-state index contributed by atoms with van der Waals surface area (Å²) in [6.07, 6.45) is 4.47. The van der Waals surface area contributed by atoms with Crippen LogP contribution in [0.15, 0.2) is 6.20 Å². The maximum Gasteiger partial charge on any atom is 0.255 e. The summed E-state index contributed by atoms with van der Waals surface area (Å²) in [4.78, 5) is 10.3. The van der Waals surface area contributed by atoms with Crippen LogP contribution in [0, 0.1) is 5.82 Å². The van der Waals surface area contributed by atoms with Crippen molar-refractivity contribution in [3.8, 4) is 5.88 Å². The van der Waals surface area contributed by atoms with Crippen molar-refractivity contribution in [3.05, 3.63) is 29.0 Å². The fraction of sp³-hybridized carbons (Fsp3) is 0.500. The summed E-state index contributed by atoms with van der Waals surface area (Å²) < 4.78 is 18.4. The topological polar surface area (TPSA) is 66.9 Å². The number of aromatic nitrogens is 4. The molecule has 0 amide bonds. The third-order valence-corrected chi connectivity index (χ3v) is 4.10. The molecule has 7 heteroatoms. The standard InChI is InChI=1S/C14H16FN5O/c1-21-13-10(15)6-16-14(17-13)20-5-4-11-9(7-20)12(19-18-11)8-2-3-8/h6,8H,2-5,7H2,1H3,(H,18,19). The SMILES string of the molecule is COc1nc(N2CCc3[nH]nc(C4CC4)c3C2)ncc1F. The Bertz CT molecular complexity index is 682. The van der Waals surface area contributed by atoms with Gasteiger partial charge in [0.15, 0.2) is 0 Å². The van der Waals surface area contributed by atoms with E-state index in [1.165, 1.54) is 36.9 Å². The quantitative estimate of drug-likeness (QED) is 0.933. The number of nitrogens with zero attached hydrogens (tertiary/aromatic N) is 4. The maximum absolute atomic E-state index is 13.4. The van der Waals surface area contributed by atoms with Crippen LogP contribution in [0.2, 0.25) is 0 Å². The van der Waals surface area contributed by atoms with Crippen molar-refractivity contribution in [2.45, 2.75) is 31.7 Å². The van der Waals surface area contributed by atoms with Gasteiger partial charge >= 0.3 is 0 Å². The Morgan fingerprint density at radius 2 is 2.29 bits per heavy atom. The van der Waals surface area contributed by atoms with E-state index in [-0.39, 0.29) is 5.88 Å². The molecular formula is C14H16FN5O. The van der Waals surface area contributed by atoms with E-state index in [0.717, 1.165) is 19.2 Å². The Hall–Kier alpha value is -2.18. The van der Waals surface area contributed by atoms with Crippen LogP contribution in [-0.4, -0.2) is 33.8 Å². The molecule has 0 spiro atoms. The first-order valence-electron chi connectivity index (χ1n) is 7.13. The summed E-state index contributed by atoms with van der Waals surface area (Å²) in [6.45, 7) is 1.50. The first-order valence-corrected chi connectivity index (χ1v) is 7.13. The summed E-state index contributed by atoms with van der Waals surface area (Å²) in [5.74, 6) is 0.553. The minimum absolute atomic E-state index is 0.0135. The second-order valence-electron chi connectivity index (χ2n) is 5.54. The van der Waals surface area contributed by atoms with Gasteiger partial charge in [0, 0.05) is 36.7 Å². The predicted molar refractivity (Wildman–Crippen MR) is 73.9 cm³/mol. The highest BCUT2D eigenvalue weighted by Gasteiger charge is 2.32. The zero-order chi connectivity index (χ0) is 14.4. The number of H-pyrrole nitrogens is 1. The Morgan fingerprint density at radius 3 is 3.05 bits per heavy atom. The van der Waals surface area contributed by atoms with Crippen molar-refractivity contribution < 1.29 is 9.13 Å². The minimum atomic E-state index is -0.541. The molecule has 4 rings (SSSR count). The van der Waals surface area contributed by atoms with Crippen molar-refractivity contribution in [1.29, 1.82) is 0 Å². The van der Waals surface area contributed by atoms with E-state index in [4.69, 9.17) is 4.74 Å². The van der Waals surface area contributed by atoms with Gasteiger partial charge in [0.1, 0.15) is 0 Å². The van der Waals surface area contributed by atoms with Crippen LogP contribution in [0.5, 0.6) is 5.88 Å². The number of hydrogen-bond acceptors (Lipinski definition) is 5. The molecule has 110 valence electrons. The predicted octanol–water partition coefficient (Wildman–Crippen LogP) is 1.79. The van der Waals surface area contributed by atoms with E-state index in [9.17, 15) is 4.39 Å². The first kappa shape index (κ1) is 12.6. The smallest absolute Gasteiger partial charge is 0.255 e. The van der Waals surface area contributed by atoms with Crippen LogP contribution < -0.4 is 9.64 Å². The fourth-order valence-corrected chi connectivity index (χ4v) is 2.82. The van der Waals surface area contributed by atoms with Crippen molar-refractivity contribution in [2.75, 3.05) is 18.6 Å². The average molecular weight is 289 g/mol. The Kier molecular flexibility index (Phi) is 2.80. The summed E-state index contributed by atoms with van der Waals surface area (Å²) in [5, 5.41) is 7.61. The molecule has 0 saturated heterocycles. The van der Waals surface area contributed by atoms with Gasteiger partial charge in [-0.1, -0.05) is 0 Å². The van der Waals surface area contributed by atoms with Gasteiger partial charge in [-0.3, -0.25) is 5.10 Å². The third-order valence-electron chi connectivity index (χ3n) is 4.10. The van der Waals surface area contributed by atoms with Gasteiger partial charge < -0.3 is 9.64 Å². The largest absolute Gasteiger partial charge is 0.479 e. The number of halogens is 1. The van der Waals surface area contributed by atoms with E-state index in [2.05, 4.69) is 20.2 Å². The molecule has 2 aromatic heterocycles. The molecule has 0 bridgehead atoms. The lowest BCUT2D eigenvalue weighted by Crippen LogP contribution is -2.32. The van der Waals surface area contributed by atoms with Crippen LogP contribution in [0.1, 0.15) is 35.7 Å². The molecule has 3 heterocycles. The van der Waals surface area contributed by atoms with Gasteiger partial charge in [-0.25, -0.2) is 4.98 Å². The van der Waals surface area contributed by atoms with E-state index < -0.39 is 5.82 Å². The summed E-state index contributed by atoms with van der Waals surface area (Å²) in [7, 11) is 1.41. The molecule has 2 aromatic rings. The molecule has 0 aromatic carbocycles. The molecule has 0 unspecified atom stereocenters. The Balaban J connectivity index is 1.64. The molecule has 0 radical (unpaired) electrons. The van der Waals surface area contributed by atoms with Crippen LogP contribution in [0.3, 0.4) is 0 Å². The Morgan fingerprint density at radius 1 is 1.43 bits per heavy atom. The van der Waals surface area contributed by atoms with Crippen molar-refractivity contribution in [3.63, 3.8) is 0 Å². The van der Waals surface area contributed by atoms with Crippen LogP contribution in [-0.2, 0) is 13.0 Å².